The number of halogens is 1. The van der Waals surface area contributed by atoms with Crippen LogP contribution in [0, 0.1) is 0 Å². The van der Waals surface area contributed by atoms with Gasteiger partial charge in [0, 0.05) is 0 Å². The molecule has 0 saturated carbocycles. The van der Waals surface area contributed by atoms with Crippen LogP contribution in [-0.4, -0.2) is 7.11 Å². The first-order valence-corrected chi connectivity index (χ1v) is 7.27. The van der Waals surface area contributed by atoms with Gasteiger partial charge in [-0.2, -0.15) is 0 Å². The van der Waals surface area contributed by atoms with E-state index in [2.05, 4.69) is 18.2 Å². The summed E-state index contributed by atoms with van der Waals surface area (Å²) in [5.41, 5.74) is 11.4. The molecule has 3 heteroatoms. The Morgan fingerprint density at radius 2 is 1.75 bits per heavy atom. The second-order valence-corrected chi connectivity index (χ2v) is 5.66. The minimum absolute atomic E-state index is 0.149. The highest BCUT2D eigenvalue weighted by molar-refractivity contribution is 6.32. The zero-order chi connectivity index (χ0) is 14.1. The van der Waals surface area contributed by atoms with E-state index in [1.807, 2.05) is 18.2 Å². The lowest BCUT2D eigenvalue weighted by Gasteiger charge is -2.15. The van der Waals surface area contributed by atoms with Gasteiger partial charge in [0.25, 0.3) is 0 Å². The van der Waals surface area contributed by atoms with Crippen LogP contribution in [0.25, 0.3) is 0 Å². The van der Waals surface area contributed by atoms with Crippen molar-refractivity contribution in [3.63, 3.8) is 0 Å². The summed E-state index contributed by atoms with van der Waals surface area (Å²) in [5, 5.41) is 0.599. The van der Waals surface area contributed by atoms with E-state index in [1.165, 1.54) is 30.4 Å². The number of methoxy groups -OCH3 is 1. The van der Waals surface area contributed by atoms with Crippen molar-refractivity contribution in [3.8, 4) is 5.75 Å². The van der Waals surface area contributed by atoms with Crippen LogP contribution in [-0.2, 0) is 12.8 Å². The SMILES string of the molecule is COc1ccc(C(N)c2ccc3c(c2)CCC3)cc1Cl. The molecule has 1 atom stereocenters. The molecule has 3 rings (SSSR count). The fourth-order valence-electron chi connectivity index (χ4n) is 2.85. The monoisotopic (exact) mass is 287 g/mol. The molecule has 2 aromatic rings. The number of hydrogen-bond donors (Lipinski definition) is 1. The van der Waals surface area contributed by atoms with Gasteiger partial charge >= 0.3 is 0 Å². The number of hydrogen-bond acceptors (Lipinski definition) is 2. The van der Waals surface area contributed by atoms with E-state index in [1.54, 1.807) is 7.11 Å². The molecule has 0 fully saturated rings. The number of ether oxygens (including phenoxy) is 1. The minimum atomic E-state index is -0.149. The van der Waals surface area contributed by atoms with Crippen molar-refractivity contribution in [2.75, 3.05) is 7.11 Å². The van der Waals surface area contributed by atoms with Gasteiger partial charge in [-0.3, -0.25) is 0 Å². The topological polar surface area (TPSA) is 35.2 Å². The molecule has 104 valence electrons. The van der Waals surface area contributed by atoms with Crippen molar-refractivity contribution in [2.24, 2.45) is 5.73 Å². The molecule has 2 nitrogen and oxygen atoms in total. The number of fused-ring (bicyclic) bond motifs is 1. The van der Waals surface area contributed by atoms with Crippen molar-refractivity contribution >= 4 is 11.6 Å². The molecule has 0 aromatic heterocycles. The highest BCUT2D eigenvalue weighted by atomic mass is 35.5. The predicted molar refractivity (Wildman–Crippen MR) is 82.5 cm³/mol. The van der Waals surface area contributed by atoms with E-state index in [-0.39, 0.29) is 6.04 Å². The lowest BCUT2D eigenvalue weighted by molar-refractivity contribution is 0.415. The zero-order valence-electron chi connectivity index (χ0n) is 11.5. The van der Waals surface area contributed by atoms with Crippen LogP contribution in [0.4, 0.5) is 0 Å². The Bertz CT molecular complexity index is 639. The third kappa shape index (κ3) is 2.41. The maximum atomic E-state index is 6.37. The van der Waals surface area contributed by atoms with Gasteiger partial charge in [-0.15, -0.1) is 0 Å². The molecule has 1 unspecified atom stereocenters. The highest BCUT2D eigenvalue weighted by Crippen LogP contribution is 2.31. The van der Waals surface area contributed by atoms with E-state index in [0.29, 0.717) is 10.8 Å². The van der Waals surface area contributed by atoms with Gasteiger partial charge in [-0.25, -0.2) is 0 Å². The second-order valence-electron chi connectivity index (χ2n) is 5.25. The van der Waals surface area contributed by atoms with Crippen molar-refractivity contribution in [2.45, 2.75) is 25.3 Å². The third-order valence-corrected chi connectivity index (χ3v) is 4.31. The lowest BCUT2D eigenvalue weighted by atomic mass is 9.96. The van der Waals surface area contributed by atoms with E-state index in [0.717, 1.165) is 11.1 Å². The summed E-state index contributed by atoms with van der Waals surface area (Å²) in [4.78, 5) is 0. The molecule has 0 bridgehead atoms. The molecule has 1 aliphatic rings. The average Bonchev–Trinajstić information content (AvgIpc) is 2.93. The first-order valence-electron chi connectivity index (χ1n) is 6.90. The molecule has 2 aromatic carbocycles. The average molecular weight is 288 g/mol. The Morgan fingerprint density at radius 1 is 1.05 bits per heavy atom. The van der Waals surface area contributed by atoms with E-state index in [4.69, 9.17) is 22.1 Å². The van der Waals surface area contributed by atoms with Crippen LogP contribution in [0.1, 0.15) is 34.7 Å². The number of nitrogens with two attached hydrogens (primary N) is 1. The van der Waals surface area contributed by atoms with Crippen LogP contribution in [0.3, 0.4) is 0 Å². The number of benzene rings is 2. The quantitative estimate of drug-likeness (QED) is 0.930. The Hall–Kier alpha value is -1.51. The second kappa shape index (κ2) is 5.47. The van der Waals surface area contributed by atoms with Crippen molar-refractivity contribution < 1.29 is 4.74 Å². The van der Waals surface area contributed by atoms with Crippen LogP contribution in [0.15, 0.2) is 36.4 Å². The Balaban J connectivity index is 1.92. The predicted octanol–water partition coefficient (Wildman–Crippen LogP) is 3.89. The van der Waals surface area contributed by atoms with Gasteiger partial charge in [0.2, 0.25) is 0 Å². The first kappa shape index (κ1) is 13.5. The standard InChI is InChI=1S/C17H18ClNO/c1-20-16-8-7-14(10-15(16)18)17(19)13-6-5-11-3-2-4-12(11)9-13/h5-10,17H,2-4,19H2,1H3. The Morgan fingerprint density at radius 3 is 2.50 bits per heavy atom. The third-order valence-electron chi connectivity index (χ3n) is 4.02. The van der Waals surface area contributed by atoms with E-state index < -0.39 is 0 Å². The molecule has 0 amide bonds. The summed E-state index contributed by atoms with van der Waals surface area (Å²) in [6.07, 6.45) is 3.61. The molecule has 0 saturated heterocycles. The molecule has 2 N–H and O–H groups in total. The van der Waals surface area contributed by atoms with E-state index >= 15 is 0 Å². The summed E-state index contributed by atoms with van der Waals surface area (Å²) in [5.74, 6) is 0.677. The summed E-state index contributed by atoms with van der Waals surface area (Å²) in [6.45, 7) is 0. The van der Waals surface area contributed by atoms with Gasteiger partial charge in [-0.05, 0) is 53.6 Å². The summed E-state index contributed by atoms with van der Waals surface area (Å²) >= 11 is 6.17. The summed E-state index contributed by atoms with van der Waals surface area (Å²) < 4.78 is 5.17. The molecule has 0 heterocycles. The summed E-state index contributed by atoms with van der Waals surface area (Å²) in [6, 6.07) is 12.2. The molecular formula is C17H18ClNO. The fourth-order valence-corrected chi connectivity index (χ4v) is 3.12. The molecule has 0 aliphatic heterocycles. The van der Waals surface area contributed by atoms with Gasteiger partial charge in [0.1, 0.15) is 5.75 Å². The minimum Gasteiger partial charge on any atom is -0.495 e. The van der Waals surface area contributed by atoms with Crippen molar-refractivity contribution in [1.82, 2.24) is 0 Å². The van der Waals surface area contributed by atoms with Crippen LogP contribution in [0.5, 0.6) is 5.75 Å². The van der Waals surface area contributed by atoms with Crippen LogP contribution >= 0.6 is 11.6 Å². The van der Waals surface area contributed by atoms with Crippen molar-refractivity contribution in [1.29, 1.82) is 0 Å². The smallest absolute Gasteiger partial charge is 0.137 e. The molecular weight excluding hydrogens is 270 g/mol. The highest BCUT2D eigenvalue weighted by Gasteiger charge is 2.15. The maximum Gasteiger partial charge on any atom is 0.137 e. The van der Waals surface area contributed by atoms with Gasteiger partial charge in [0.05, 0.1) is 18.2 Å². The Labute approximate surface area is 124 Å². The van der Waals surface area contributed by atoms with Gasteiger partial charge < -0.3 is 10.5 Å². The molecule has 1 aliphatic carbocycles. The van der Waals surface area contributed by atoms with Gasteiger partial charge in [0.15, 0.2) is 0 Å². The van der Waals surface area contributed by atoms with Crippen LogP contribution < -0.4 is 10.5 Å². The lowest BCUT2D eigenvalue weighted by Crippen LogP contribution is -2.12. The van der Waals surface area contributed by atoms with Gasteiger partial charge in [-0.1, -0.05) is 35.9 Å². The first-order chi connectivity index (χ1) is 9.69. The largest absolute Gasteiger partial charge is 0.495 e. The van der Waals surface area contributed by atoms with E-state index in [9.17, 15) is 0 Å². The maximum absolute atomic E-state index is 6.37. The van der Waals surface area contributed by atoms with Crippen LogP contribution in [0.2, 0.25) is 5.02 Å². The molecule has 0 radical (unpaired) electrons. The normalized spacial score (nSPS) is 14.9. The zero-order valence-corrected chi connectivity index (χ0v) is 12.3. The molecule has 0 spiro atoms. The summed E-state index contributed by atoms with van der Waals surface area (Å²) in [7, 11) is 1.61. The number of rotatable bonds is 3. The fraction of sp³-hybridized carbons (Fsp3) is 0.294. The Kier molecular flexibility index (Phi) is 3.68. The molecule has 20 heavy (non-hydrogen) atoms. The van der Waals surface area contributed by atoms with Crippen molar-refractivity contribution in [3.05, 3.63) is 63.7 Å². The number of aryl methyl sites for hydroxylation is 2.